The van der Waals surface area contributed by atoms with Crippen LogP contribution in [0.3, 0.4) is 0 Å². The first-order chi connectivity index (χ1) is 16.2. The lowest BCUT2D eigenvalue weighted by atomic mass is 9.94. The molecule has 1 saturated heterocycles. The molecule has 0 radical (unpaired) electrons. The van der Waals surface area contributed by atoms with Crippen molar-refractivity contribution in [2.45, 2.75) is 32.4 Å². The highest BCUT2D eigenvalue weighted by Crippen LogP contribution is 2.47. The van der Waals surface area contributed by atoms with E-state index < -0.39 is 0 Å². The van der Waals surface area contributed by atoms with Crippen molar-refractivity contribution in [3.63, 3.8) is 0 Å². The van der Waals surface area contributed by atoms with E-state index in [1.165, 1.54) is 16.0 Å². The molecule has 4 heterocycles. The molecule has 1 aliphatic carbocycles. The Bertz CT molecular complexity index is 1210. The number of aryl methyl sites for hydroxylation is 1. The average Bonchev–Trinajstić information content (AvgIpc) is 3.49. The third-order valence-electron chi connectivity index (χ3n) is 6.96. The minimum Gasteiger partial charge on any atom is -0.496 e. The molecule has 9 heteroatoms. The zero-order chi connectivity index (χ0) is 22.5. The predicted octanol–water partition coefficient (Wildman–Crippen LogP) is 2.41. The summed E-state index contributed by atoms with van der Waals surface area (Å²) in [5.41, 5.74) is 3.63. The first-order valence-electron chi connectivity index (χ1n) is 11.4. The fourth-order valence-corrected chi connectivity index (χ4v) is 6.89. The van der Waals surface area contributed by atoms with Gasteiger partial charge in [0.1, 0.15) is 16.6 Å². The molecule has 0 unspecified atom stereocenters. The number of rotatable bonds is 3. The second-order valence-corrected chi connectivity index (χ2v) is 9.90. The maximum absolute atomic E-state index is 13.3. The number of nitrogens with one attached hydrogen (secondary N) is 1. The quantitative estimate of drug-likeness (QED) is 0.640. The number of carbonyl (C=O) groups excluding carboxylic acids is 1. The van der Waals surface area contributed by atoms with Crippen LogP contribution in [-0.2, 0) is 28.9 Å². The lowest BCUT2D eigenvalue weighted by Gasteiger charge is -2.29. The number of ether oxygens (including phenoxy) is 2. The molecule has 1 N–H and O–H groups in total. The van der Waals surface area contributed by atoms with E-state index in [2.05, 4.69) is 26.1 Å². The predicted molar refractivity (Wildman–Crippen MR) is 124 cm³/mol. The highest BCUT2D eigenvalue weighted by Gasteiger charge is 2.39. The highest BCUT2D eigenvalue weighted by molar-refractivity contribution is 7.15. The number of morpholine rings is 1. The fraction of sp³-hybridized carbons (Fsp3) is 0.458. The lowest BCUT2D eigenvalue weighted by Crippen LogP contribution is -2.44. The summed E-state index contributed by atoms with van der Waals surface area (Å²) in [5, 5.41) is 13.6. The Hall–Kier alpha value is -2.75. The average molecular weight is 466 g/mol. The molecule has 8 nitrogen and oxygen atoms in total. The van der Waals surface area contributed by atoms with Crippen molar-refractivity contribution in [2.24, 2.45) is 5.92 Å². The third-order valence-corrected chi connectivity index (χ3v) is 8.22. The number of benzene rings is 1. The van der Waals surface area contributed by atoms with Gasteiger partial charge in [-0.25, -0.2) is 0 Å². The Morgan fingerprint density at radius 2 is 2.03 bits per heavy atom. The zero-order valence-electron chi connectivity index (χ0n) is 18.8. The number of aromatic nitrogens is 3. The summed E-state index contributed by atoms with van der Waals surface area (Å²) in [4.78, 5) is 16.6. The van der Waals surface area contributed by atoms with Gasteiger partial charge in [0.25, 0.3) is 0 Å². The molecule has 3 aliphatic rings. The Kier molecular flexibility index (Phi) is 5.20. The molecular weight excluding hydrogens is 438 g/mol. The van der Waals surface area contributed by atoms with Gasteiger partial charge in [-0.15, -0.1) is 21.5 Å². The molecule has 1 amide bonds. The zero-order valence-corrected chi connectivity index (χ0v) is 19.7. The molecule has 2 aromatic heterocycles. The number of fused-ring (bicyclic) bond motifs is 5. The first-order valence-corrected chi connectivity index (χ1v) is 12.3. The van der Waals surface area contributed by atoms with Crippen LogP contribution in [0.1, 0.15) is 39.3 Å². The van der Waals surface area contributed by atoms with E-state index in [9.17, 15) is 4.79 Å². The second kappa shape index (κ2) is 8.23. The van der Waals surface area contributed by atoms with Crippen LogP contribution in [0.5, 0.6) is 5.75 Å². The van der Waals surface area contributed by atoms with E-state index in [1.807, 2.05) is 30.0 Å². The number of carbonyl (C=O) groups is 1. The van der Waals surface area contributed by atoms with Crippen LogP contribution < -0.4 is 10.1 Å². The summed E-state index contributed by atoms with van der Waals surface area (Å²) >= 11 is 1.79. The fourth-order valence-electron chi connectivity index (χ4n) is 5.37. The summed E-state index contributed by atoms with van der Waals surface area (Å²) in [6, 6.07) is 8.12. The smallest absolute Gasteiger partial charge is 0.226 e. The molecule has 1 aromatic carbocycles. The van der Waals surface area contributed by atoms with Gasteiger partial charge in [0.2, 0.25) is 5.91 Å². The molecule has 2 aliphatic heterocycles. The van der Waals surface area contributed by atoms with E-state index in [0.29, 0.717) is 32.8 Å². The van der Waals surface area contributed by atoms with E-state index in [4.69, 9.17) is 9.47 Å². The molecule has 2 atom stereocenters. The molecule has 172 valence electrons. The monoisotopic (exact) mass is 465 g/mol. The topological polar surface area (TPSA) is 81.5 Å². The standard InChI is InChI=1S/C24H27N5O3S/c1-14-26-27-20-13-25-22(16-5-3-4-6-18(16)31-2)21-17-11-15(12-19(17)33-24(21)29(14)20)23(30)28-7-9-32-10-8-28/h3-6,15,22,25H,7-13H2,1-2H3/t15-,22-/m0/s1. The van der Waals surface area contributed by atoms with Gasteiger partial charge < -0.3 is 14.4 Å². The van der Waals surface area contributed by atoms with Crippen molar-refractivity contribution in [1.82, 2.24) is 25.0 Å². The van der Waals surface area contributed by atoms with Crippen LogP contribution in [0.2, 0.25) is 0 Å². The number of hydrogen-bond acceptors (Lipinski definition) is 7. The molecule has 0 bridgehead atoms. The van der Waals surface area contributed by atoms with Crippen molar-refractivity contribution in [3.05, 3.63) is 57.5 Å². The molecule has 3 aromatic rings. The third kappa shape index (κ3) is 3.37. The van der Waals surface area contributed by atoms with Crippen LogP contribution >= 0.6 is 11.3 Å². The Morgan fingerprint density at radius 3 is 2.85 bits per heavy atom. The normalized spacial score (nSPS) is 21.8. The number of thiophene rings is 1. The largest absolute Gasteiger partial charge is 0.496 e. The highest BCUT2D eigenvalue weighted by atomic mass is 32.1. The van der Waals surface area contributed by atoms with Gasteiger partial charge in [-0.05, 0) is 31.4 Å². The molecule has 0 saturated carbocycles. The van der Waals surface area contributed by atoms with Crippen LogP contribution in [-0.4, -0.2) is 59.0 Å². The summed E-state index contributed by atoms with van der Waals surface area (Å²) in [5.74, 6) is 2.90. The second-order valence-electron chi connectivity index (χ2n) is 8.82. The lowest BCUT2D eigenvalue weighted by molar-refractivity contribution is -0.139. The van der Waals surface area contributed by atoms with Gasteiger partial charge in [0.15, 0.2) is 5.82 Å². The number of para-hydroxylation sites is 1. The van der Waals surface area contributed by atoms with E-state index in [1.54, 1.807) is 18.4 Å². The molecule has 33 heavy (non-hydrogen) atoms. The number of nitrogens with zero attached hydrogens (tertiary/aromatic N) is 4. The van der Waals surface area contributed by atoms with Crippen molar-refractivity contribution in [1.29, 1.82) is 0 Å². The van der Waals surface area contributed by atoms with Gasteiger partial charge >= 0.3 is 0 Å². The number of amides is 1. The van der Waals surface area contributed by atoms with Gasteiger partial charge in [-0.3, -0.25) is 14.7 Å². The maximum Gasteiger partial charge on any atom is 0.226 e. The molecule has 0 spiro atoms. The Balaban J connectivity index is 1.43. The molecule has 6 rings (SSSR count). The van der Waals surface area contributed by atoms with Crippen LogP contribution in [0.25, 0.3) is 5.00 Å². The van der Waals surface area contributed by atoms with Gasteiger partial charge in [-0.2, -0.15) is 0 Å². The number of hydrogen-bond donors (Lipinski definition) is 1. The van der Waals surface area contributed by atoms with Crippen molar-refractivity contribution < 1.29 is 14.3 Å². The van der Waals surface area contributed by atoms with Crippen molar-refractivity contribution in [2.75, 3.05) is 33.4 Å². The molecule has 1 fully saturated rings. The van der Waals surface area contributed by atoms with Crippen LogP contribution in [0.15, 0.2) is 24.3 Å². The van der Waals surface area contributed by atoms with Gasteiger partial charge in [0.05, 0.1) is 32.9 Å². The Labute approximate surface area is 196 Å². The van der Waals surface area contributed by atoms with Gasteiger partial charge in [-0.1, -0.05) is 18.2 Å². The van der Waals surface area contributed by atoms with E-state index >= 15 is 0 Å². The van der Waals surface area contributed by atoms with Crippen molar-refractivity contribution >= 4 is 17.2 Å². The first kappa shape index (κ1) is 20.8. The van der Waals surface area contributed by atoms with Crippen molar-refractivity contribution in [3.8, 4) is 10.8 Å². The van der Waals surface area contributed by atoms with E-state index in [-0.39, 0.29) is 17.9 Å². The SMILES string of the molecule is COc1ccccc1[C@@H]1NCc2nnc(C)n2-c2sc3c(c21)C[C@H](C(=O)N1CCOCC1)C3. The summed E-state index contributed by atoms with van der Waals surface area (Å²) in [7, 11) is 1.71. The van der Waals surface area contributed by atoms with E-state index in [0.717, 1.165) is 40.8 Å². The maximum atomic E-state index is 13.3. The molecular formula is C24H27N5O3S. The summed E-state index contributed by atoms with van der Waals surface area (Å²) < 4.78 is 13.4. The Morgan fingerprint density at radius 1 is 1.21 bits per heavy atom. The van der Waals surface area contributed by atoms with Gasteiger partial charge in [0, 0.05) is 35.0 Å². The minimum absolute atomic E-state index is 0.00213. The minimum atomic E-state index is -0.0468. The summed E-state index contributed by atoms with van der Waals surface area (Å²) in [6.07, 6.45) is 1.56. The number of methoxy groups -OCH3 is 1. The van der Waals surface area contributed by atoms with Crippen LogP contribution in [0.4, 0.5) is 0 Å². The van der Waals surface area contributed by atoms with Crippen LogP contribution in [0, 0.1) is 12.8 Å². The summed E-state index contributed by atoms with van der Waals surface area (Å²) in [6.45, 7) is 5.25.